The van der Waals surface area contributed by atoms with Gasteiger partial charge in [-0.25, -0.2) is 0 Å². The summed E-state index contributed by atoms with van der Waals surface area (Å²) in [4.78, 5) is 2.67. The topological polar surface area (TPSA) is 15.3 Å². The van der Waals surface area contributed by atoms with E-state index in [4.69, 9.17) is 0 Å². The van der Waals surface area contributed by atoms with E-state index in [2.05, 4.69) is 51.3 Å². The van der Waals surface area contributed by atoms with Crippen molar-refractivity contribution >= 4 is 21.6 Å². The maximum Gasteiger partial charge on any atom is 0.0513 e. The predicted molar refractivity (Wildman–Crippen MR) is 89.3 cm³/mol. The van der Waals surface area contributed by atoms with Crippen LogP contribution in [-0.2, 0) is 0 Å². The van der Waals surface area contributed by atoms with E-state index in [-0.39, 0.29) is 0 Å². The molecule has 0 spiro atoms. The Morgan fingerprint density at radius 2 is 2.05 bits per heavy atom. The zero-order valence-corrected chi connectivity index (χ0v) is 14.1. The van der Waals surface area contributed by atoms with Gasteiger partial charge in [0.05, 0.1) is 5.69 Å². The first-order valence-electron chi connectivity index (χ1n) is 7.94. The number of benzene rings is 1. The number of fused-ring (bicyclic) bond motifs is 1. The van der Waals surface area contributed by atoms with Crippen molar-refractivity contribution in [2.45, 2.75) is 51.1 Å². The Labute approximate surface area is 131 Å². The zero-order valence-electron chi connectivity index (χ0n) is 12.5. The number of nitrogens with one attached hydrogen (secondary N) is 1. The van der Waals surface area contributed by atoms with Crippen LogP contribution in [0.2, 0.25) is 0 Å². The number of rotatable bonds is 3. The summed E-state index contributed by atoms with van der Waals surface area (Å²) in [6.07, 6.45) is 7.02. The SMILES string of the molecule is CNC(C)c1ccc(N2CCCC3CCCC32)c(Br)c1. The summed E-state index contributed by atoms with van der Waals surface area (Å²) in [7, 11) is 2.01. The molecule has 1 saturated heterocycles. The molecule has 0 radical (unpaired) electrons. The van der Waals surface area contributed by atoms with Gasteiger partial charge in [-0.05, 0) is 79.2 Å². The van der Waals surface area contributed by atoms with Crippen LogP contribution in [0.1, 0.15) is 50.6 Å². The molecule has 0 bridgehead atoms. The van der Waals surface area contributed by atoms with Gasteiger partial charge in [0, 0.05) is 23.1 Å². The fraction of sp³-hybridized carbons (Fsp3) is 0.647. The van der Waals surface area contributed by atoms with Crippen molar-refractivity contribution in [3.05, 3.63) is 28.2 Å². The van der Waals surface area contributed by atoms with Gasteiger partial charge in [-0.1, -0.05) is 12.5 Å². The van der Waals surface area contributed by atoms with Crippen molar-refractivity contribution < 1.29 is 0 Å². The van der Waals surface area contributed by atoms with Crippen molar-refractivity contribution in [3.8, 4) is 0 Å². The van der Waals surface area contributed by atoms with E-state index in [9.17, 15) is 0 Å². The number of hydrogen-bond acceptors (Lipinski definition) is 2. The third-order valence-corrected chi connectivity index (χ3v) is 5.84. The first kappa shape index (κ1) is 14.4. The summed E-state index contributed by atoms with van der Waals surface area (Å²) in [5.41, 5.74) is 2.75. The Balaban J connectivity index is 1.86. The van der Waals surface area contributed by atoms with E-state index in [0.29, 0.717) is 6.04 Å². The van der Waals surface area contributed by atoms with Crippen molar-refractivity contribution in [3.63, 3.8) is 0 Å². The number of hydrogen-bond donors (Lipinski definition) is 1. The second-order valence-corrected chi connectivity index (χ2v) is 7.17. The Hall–Kier alpha value is -0.540. The molecule has 2 nitrogen and oxygen atoms in total. The van der Waals surface area contributed by atoms with Gasteiger partial charge in [-0.2, -0.15) is 0 Å². The highest BCUT2D eigenvalue weighted by molar-refractivity contribution is 9.10. The van der Waals surface area contributed by atoms with Crippen molar-refractivity contribution in [1.29, 1.82) is 0 Å². The molecule has 1 aromatic carbocycles. The lowest BCUT2D eigenvalue weighted by Gasteiger charge is -2.40. The van der Waals surface area contributed by atoms with Crippen LogP contribution in [0.15, 0.2) is 22.7 Å². The molecule has 0 aromatic heterocycles. The lowest BCUT2D eigenvalue weighted by Crippen LogP contribution is -2.42. The highest BCUT2D eigenvalue weighted by Crippen LogP contribution is 2.41. The Bertz CT molecular complexity index is 474. The number of nitrogens with zero attached hydrogens (tertiary/aromatic N) is 1. The van der Waals surface area contributed by atoms with E-state index < -0.39 is 0 Å². The smallest absolute Gasteiger partial charge is 0.0513 e. The highest BCUT2D eigenvalue weighted by Gasteiger charge is 2.35. The third-order valence-electron chi connectivity index (χ3n) is 5.21. The molecule has 1 aromatic rings. The molecule has 20 heavy (non-hydrogen) atoms. The summed E-state index contributed by atoms with van der Waals surface area (Å²) < 4.78 is 1.25. The largest absolute Gasteiger partial charge is 0.367 e. The Morgan fingerprint density at radius 3 is 2.80 bits per heavy atom. The first-order chi connectivity index (χ1) is 9.70. The van der Waals surface area contributed by atoms with Crippen LogP contribution in [0, 0.1) is 5.92 Å². The third kappa shape index (κ3) is 2.62. The molecule has 1 aliphatic carbocycles. The Kier molecular flexibility index (Phi) is 4.37. The molecular formula is C17H25BrN2. The lowest BCUT2D eigenvalue weighted by atomic mass is 9.91. The molecule has 1 N–H and O–H groups in total. The van der Waals surface area contributed by atoms with Crippen LogP contribution in [0.25, 0.3) is 0 Å². The molecular weight excluding hydrogens is 312 g/mol. The number of halogens is 1. The fourth-order valence-corrected chi connectivity index (χ4v) is 4.57. The standard InChI is InChI=1S/C17H25BrN2/c1-12(19-2)14-8-9-17(15(18)11-14)20-10-4-6-13-5-3-7-16(13)20/h8-9,11-13,16,19H,3-7,10H2,1-2H3. The quantitative estimate of drug-likeness (QED) is 0.874. The fourth-order valence-electron chi connectivity index (χ4n) is 3.95. The lowest BCUT2D eigenvalue weighted by molar-refractivity contribution is 0.362. The van der Waals surface area contributed by atoms with Crippen molar-refractivity contribution in [1.82, 2.24) is 5.32 Å². The van der Waals surface area contributed by atoms with Crippen molar-refractivity contribution in [2.24, 2.45) is 5.92 Å². The highest BCUT2D eigenvalue weighted by atomic mass is 79.9. The summed E-state index contributed by atoms with van der Waals surface area (Å²) in [5, 5.41) is 3.31. The van der Waals surface area contributed by atoms with E-state index in [1.165, 1.54) is 54.4 Å². The van der Waals surface area contributed by atoms with Gasteiger partial charge >= 0.3 is 0 Å². The van der Waals surface area contributed by atoms with Crippen LogP contribution < -0.4 is 10.2 Å². The predicted octanol–water partition coefficient (Wildman–Crippen LogP) is 4.50. The average molecular weight is 337 g/mol. The number of piperidine rings is 1. The average Bonchev–Trinajstić information content (AvgIpc) is 2.95. The minimum absolute atomic E-state index is 0.404. The van der Waals surface area contributed by atoms with Gasteiger partial charge in [0.2, 0.25) is 0 Å². The van der Waals surface area contributed by atoms with Crippen LogP contribution in [0.4, 0.5) is 5.69 Å². The second kappa shape index (κ2) is 6.07. The molecule has 0 amide bonds. The van der Waals surface area contributed by atoms with Crippen LogP contribution in [-0.4, -0.2) is 19.6 Å². The number of anilines is 1. The zero-order chi connectivity index (χ0) is 14.1. The molecule has 110 valence electrons. The van der Waals surface area contributed by atoms with E-state index in [0.717, 1.165) is 12.0 Å². The van der Waals surface area contributed by atoms with Gasteiger partial charge in [-0.3, -0.25) is 0 Å². The van der Waals surface area contributed by atoms with Crippen LogP contribution in [0.3, 0.4) is 0 Å². The van der Waals surface area contributed by atoms with Crippen molar-refractivity contribution in [2.75, 3.05) is 18.5 Å². The minimum atomic E-state index is 0.404. The normalized spacial score (nSPS) is 27.4. The minimum Gasteiger partial charge on any atom is -0.367 e. The molecule has 3 atom stereocenters. The molecule has 3 heteroatoms. The molecule has 1 saturated carbocycles. The monoisotopic (exact) mass is 336 g/mol. The van der Waals surface area contributed by atoms with E-state index in [1.807, 2.05) is 7.05 Å². The molecule has 3 unspecified atom stereocenters. The van der Waals surface area contributed by atoms with E-state index >= 15 is 0 Å². The van der Waals surface area contributed by atoms with Gasteiger partial charge in [0.25, 0.3) is 0 Å². The maximum absolute atomic E-state index is 3.81. The van der Waals surface area contributed by atoms with E-state index in [1.54, 1.807) is 0 Å². The van der Waals surface area contributed by atoms with Gasteiger partial charge in [-0.15, -0.1) is 0 Å². The van der Waals surface area contributed by atoms with Crippen LogP contribution >= 0.6 is 15.9 Å². The summed E-state index contributed by atoms with van der Waals surface area (Å²) in [6, 6.07) is 8.07. The summed E-state index contributed by atoms with van der Waals surface area (Å²) in [5.74, 6) is 0.937. The summed E-state index contributed by atoms with van der Waals surface area (Å²) >= 11 is 3.81. The van der Waals surface area contributed by atoms with Gasteiger partial charge in [0.1, 0.15) is 0 Å². The maximum atomic E-state index is 3.81. The van der Waals surface area contributed by atoms with Gasteiger partial charge in [0.15, 0.2) is 0 Å². The first-order valence-corrected chi connectivity index (χ1v) is 8.73. The molecule has 1 heterocycles. The molecule has 2 aliphatic rings. The summed E-state index contributed by atoms with van der Waals surface area (Å²) in [6.45, 7) is 3.43. The second-order valence-electron chi connectivity index (χ2n) is 6.32. The van der Waals surface area contributed by atoms with Gasteiger partial charge < -0.3 is 10.2 Å². The molecule has 1 aliphatic heterocycles. The Morgan fingerprint density at radius 1 is 1.25 bits per heavy atom. The van der Waals surface area contributed by atoms with Crippen LogP contribution in [0.5, 0.6) is 0 Å². The molecule has 3 rings (SSSR count). The molecule has 2 fully saturated rings.